The van der Waals surface area contributed by atoms with Crippen LogP contribution < -0.4 is 0 Å². The van der Waals surface area contributed by atoms with E-state index >= 15 is 0 Å². The summed E-state index contributed by atoms with van der Waals surface area (Å²) >= 11 is 0. The van der Waals surface area contributed by atoms with Crippen molar-refractivity contribution in [3.05, 3.63) is 54.5 Å². The van der Waals surface area contributed by atoms with Crippen molar-refractivity contribution in [1.82, 2.24) is 20.0 Å². The maximum absolute atomic E-state index is 9.33. The molecule has 0 aliphatic carbocycles. The van der Waals surface area contributed by atoms with Gasteiger partial charge in [-0.3, -0.25) is 4.98 Å². The molecule has 0 unspecified atom stereocenters. The average Bonchev–Trinajstić information content (AvgIpc) is 2.93. The Kier molecular flexibility index (Phi) is 2.86. The van der Waals surface area contributed by atoms with Gasteiger partial charge < -0.3 is 5.11 Å². The van der Waals surface area contributed by atoms with Gasteiger partial charge >= 0.3 is 0 Å². The lowest BCUT2D eigenvalue weighted by Crippen LogP contribution is -1.99. The fourth-order valence-electron chi connectivity index (χ4n) is 1.89. The van der Waals surface area contributed by atoms with Gasteiger partial charge in [-0.05, 0) is 36.4 Å². The Labute approximate surface area is 114 Å². The lowest BCUT2D eigenvalue weighted by Gasteiger charge is -2.06. The molecule has 0 atom stereocenters. The monoisotopic (exact) mass is 263 g/mol. The van der Waals surface area contributed by atoms with Crippen molar-refractivity contribution in [2.24, 2.45) is 0 Å². The second-order valence-electron chi connectivity index (χ2n) is 4.07. The molecule has 6 nitrogen and oxygen atoms in total. The number of hydrogen-bond donors (Lipinski definition) is 1. The second kappa shape index (κ2) is 4.82. The molecule has 3 rings (SSSR count). The van der Waals surface area contributed by atoms with E-state index in [2.05, 4.69) is 15.3 Å². The van der Waals surface area contributed by atoms with Crippen molar-refractivity contribution in [3.63, 3.8) is 0 Å². The van der Waals surface area contributed by atoms with E-state index in [0.717, 1.165) is 5.56 Å². The number of phenolic OH excluding ortho intramolecular Hbond substituents is 1. The zero-order valence-electron chi connectivity index (χ0n) is 10.3. The predicted octanol–water partition coefficient (Wildman–Crippen LogP) is 1.91. The van der Waals surface area contributed by atoms with E-state index in [1.807, 2.05) is 12.1 Å². The van der Waals surface area contributed by atoms with Gasteiger partial charge in [-0.15, -0.1) is 5.10 Å². The van der Waals surface area contributed by atoms with Crippen LogP contribution in [-0.4, -0.2) is 25.1 Å². The molecule has 0 saturated heterocycles. The van der Waals surface area contributed by atoms with Crippen LogP contribution in [0.2, 0.25) is 0 Å². The third-order valence-corrected chi connectivity index (χ3v) is 2.81. The minimum Gasteiger partial charge on any atom is -0.508 e. The molecule has 2 heterocycles. The number of nitriles is 1. The quantitative estimate of drug-likeness (QED) is 0.763. The summed E-state index contributed by atoms with van der Waals surface area (Å²) in [7, 11) is 0. The summed E-state index contributed by atoms with van der Waals surface area (Å²) < 4.78 is 1.55. The van der Waals surface area contributed by atoms with Gasteiger partial charge in [0.1, 0.15) is 17.5 Å². The Hall–Kier alpha value is -3.20. The number of aromatic nitrogens is 4. The molecule has 20 heavy (non-hydrogen) atoms. The summed E-state index contributed by atoms with van der Waals surface area (Å²) in [5, 5.41) is 26.4. The van der Waals surface area contributed by atoms with Crippen LogP contribution in [0.5, 0.6) is 5.75 Å². The summed E-state index contributed by atoms with van der Waals surface area (Å²) in [4.78, 5) is 4.05. The molecule has 3 aromatic rings. The van der Waals surface area contributed by atoms with Gasteiger partial charge in [0.15, 0.2) is 5.69 Å². The van der Waals surface area contributed by atoms with Gasteiger partial charge in [0.2, 0.25) is 0 Å². The van der Waals surface area contributed by atoms with Gasteiger partial charge in [-0.1, -0.05) is 5.21 Å². The lowest BCUT2D eigenvalue weighted by molar-refractivity contribution is 0.475. The third-order valence-electron chi connectivity index (χ3n) is 2.81. The van der Waals surface area contributed by atoms with Crippen LogP contribution in [0, 0.1) is 11.3 Å². The first-order valence-electron chi connectivity index (χ1n) is 5.85. The molecule has 0 spiro atoms. The number of aromatic hydroxyl groups is 1. The number of nitrogens with zero attached hydrogens (tertiary/aromatic N) is 5. The highest BCUT2D eigenvalue weighted by Gasteiger charge is 2.16. The Morgan fingerprint density at radius 2 is 1.95 bits per heavy atom. The first-order valence-corrected chi connectivity index (χ1v) is 5.85. The van der Waals surface area contributed by atoms with E-state index in [-0.39, 0.29) is 11.4 Å². The summed E-state index contributed by atoms with van der Waals surface area (Å²) in [5.74, 6) is 0.164. The molecule has 0 bridgehead atoms. The van der Waals surface area contributed by atoms with Crippen LogP contribution in [0.25, 0.3) is 16.9 Å². The van der Waals surface area contributed by atoms with Crippen molar-refractivity contribution >= 4 is 0 Å². The van der Waals surface area contributed by atoms with Crippen LogP contribution in [0.1, 0.15) is 5.69 Å². The van der Waals surface area contributed by atoms with Gasteiger partial charge in [0.25, 0.3) is 0 Å². The van der Waals surface area contributed by atoms with Crippen LogP contribution >= 0.6 is 0 Å². The van der Waals surface area contributed by atoms with E-state index in [1.54, 1.807) is 47.4 Å². The van der Waals surface area contributed by atoms with Crippen molar-refractivity contribution < 1.29 is 5.11 Å². The fourth-order valence-corrected chi connectivity index (χ4v) is 1.89. The minimum absolute atomic E-state index is 0.164. The average molecular weight is 263 g/mol. The Morgan fingerprint density at radius 3 is 2.60 bits per heavy atom. The van der Waals surface area contributed by atoms with Gasteiger partial charge in [0, 0.05) is 18.0 Å². The molecule has 0 aliphatic rings. The van der Waals surface area contributed by atoms with Gasteiger partial charge in [-0.2, -0.15) is 5.26 Å². The maximum Gasteiger partial charge on any atom is 0.191 e. The normalized spacial score (nSPS) is 10.2. The summed E-state index contributed by atoms with van der Waals surface area (Å²) in [6.07, 6.45) is 3.31. The predicted molar refractivity (Wildman–Crippen MR) is 71.0 cm³/mol. The zero-order valence-corrected chi connectivity index (χ0v) is 10.3. The largest absolute Gasteiger partial charge is 0.508 e. The summed E-state index contributed by atoms with van der Waals surface area (Å²) in [6, 6.07) is 12.1. The fraction of sp³-hybridized carbons (Fsp3) is 0. The van der Waals surface area contributed by atoms with Crippen LogP contribution in [0.3, 0.4) is 0 Å². The van der Waals surface area contributed by atoms with Crippen molar-refractivity contribution in [3.8, 4) is 28.8 Å². The Bertz CT molecular complexity index is 772. The highest BCUT2D eigenvalue weighted by molar-refractivity contribution is 5.66. The van der Waals surface area contributed by atoms with Crippen LogP contribution in [0.4, 0.5) is 0 Å². The minimum atomic E-state index is 0.164. The number of hydrogen-bond acceptors (Lipinski definition) is 5. The molecule has 2 aromatic heterocycles. The van der Waals surface area contributed by atoms with E-state index in [1.165, 1.54) is 0 Å². The van der Waals surface area contributed by atoms with E-state index < -0.39 is 0 Å². The van der Waals surface area contributed by atoms with E-state index in [9.17, 15) is 5.11 Å². The summed E-state index contributed by atoms with van der Waals surface area (Å²) in [6.45, 7) is 0. The first kappa shape index (κ1) is 11.9. The number of rotatable bonds is 2. The van der Waals surface area contributed by atoms with Crippen molar-refractivity contribution in [1.29, 1.82) is 5.26 Å². The van der Waals surface area contributed by atoms with Crippen LogP contribution in [-0.2, 0) is 0 Å². The lowest BCUT2D eigenvalue weighted by atomic mass is 10.1. The molecule has 1 N–H and O–H groups in total. The Morgan fingerprint density at radius 1 is 1.15 bits per heavy atom. The van der Waals surface area contributed by atoms with Crippen molar-refractivity contribution in [2.75, 3.05) is 0 Å². The number of phenols is 1. The topological polar surface area (TPSA) is 87.6 Å². The maximum atomic E-state index is 9.33. The Balaban J connectivity index is 2.21. The molecular formula is C14H9N5O. The highest BCUT2D eigenvalue weighted by atomic mass is 16.3. The second-order valence-corrected chi connectivity index (χ2v) is 4.07. The molecule has 6 heteroatoms. The van der Waals surface area contributed by atoms with Gasteiger partial charge in [-0.25, -0.2) is 4.68 Å². The highest BCUT2D eigenvalue weighted by Crippen LogP contribution is 2.24. The van der Waals surface area contributed by atoms with E-state index in [0.29, 0.717) is 11.4 Å². The SMILES string of the molecule is N#Cc1nnn(-c2ccc(O)cc2)c1-c1cccnc1. The van der Waals surface area contributed by atoms with E-state index in [4.69, 9.17) is 5.26 Å². The molecule has 0 amide bonds. The zero-order chi connectivity index (χ0) is 13.9. The smallest absolute Gasteiger partial charge is 0.191 e. The first-order chi connectivity index (χ1) is 9.79. The summed E-state index contributed by atoms with van der Waals surface area (Å²) in [5.41, 5.74) is 2.26. The molecule has 96 valence electrons. The molecule has 1 aromatic carbocycles. The molecule has 0 saturated carbocycles. The van der Waals surface area contributed by atoms with Crippen LogP contribution in [0.15, 0.2) is 48.8 Å². The molecule has 0 aliphatic heterocycles. The number of benzene rings is 1. The standard InChI is InChI=1S/C14H9N5O/c15-8-13-14(10-2-1-7-16-9-10)19(18-17-13)11-3-5-12(20)6-4-11/h1-7,9,20H. The van der Waals surface area contributed by atoms with Gasteiger partial charge in [0.05, 0.1) is 5.69 Å². The number of pyridine rings is 1. The molecule has 0 fully saturated rings. The third kappa shape index (κ3) is 1.97. The molecular weight excluding hydrogens is 254 g/mol. The van der Waals surface area contributed by atoms with Crippen molar-refractivity contribution in [2.45, 2.75) is 0 Å². The molecule has 0 radical (unpaired) electrons.